The molecule has 5 heteroatoms. The minimum Gasteiger partial charge on any atom is -0.369 e. The summed E-state index contributed by atoms with van der Waals surface area (Å²) in [5.41, 5.74) is 8.42. The van der Waals surface area contributed by atoms with Gasteiger partial charge in [0.15, 0.2) is 0 Å². The van der Waals surface area contributed by atoms with E-state index in [1.165, 1.54) is 12.8 Å². The average Bonchev–Trinajstić information content (AvgIpc) is 3.24. The molecule has 0 spiro atoms. The lowest BCUT2D eigenvalue weighted by atomic mass is 9.92. The van der Waals surface area contributed by atoms with E-state index >= 15 is 0 Å². The predicted molar refractivity (Wildman–Crippen MR) is 84.6 cm³/mol. The van der Waals surface area contributed by atoms with Crippen LogP contribution in [0.3, 0.4) is 0 Å². The molecular weight excluding hydrogens is 278 g/mol. The standard InChI is InChI=1S/C17H25N3O2/c1-10-4-5-13(16(18)21)9-19(10)17(22)15-8-11(2)20(12(15)3)14-6-7-14/h8,10,13-14H,4-7,9H2,1-3H3,(H2,18,21)/t10-,13+/m1/s1. The monoisotopic (exact) mass is 303 g/mol. The first-order valence-electron chi connectivity index (χ1n) is 8.18. The van der Waals surface area contributed by atoms with Gasteiger partial charge in [0.1, 0.15) is 0 Å². The van der Waals surface area contributed by atoms with Gasteiger partial charge in [-0.2, -0.15) is 0 Å². The fourth-order valence-electron chi connectivity index (χ4n) is 3.67. The van der Waals surface area contributed by atoms with Crippen LogP contribution in [0.15, 0.2) is 6.07 Å². The molecule has 1 saturated heterocycles. The van der Waals surface area contributed by atoms with Gasteiger partial charge in [0, 0.05) is 30.0 Å². The number of primary amides is 1. The summed E-state index contributed by atoms with van der Waals surface area (Å²) < 4.78 is 2.29. The highest BCUT2D eigenvalue weighted by atomic mass is 16.2. The topological polar surface area (TPSA) is 68.3 Å². The lowest BCUT2D eigenvalue weighted by Gasteiger charge is -2.37. The molecule has 0 radical (unpaired) electrons. The lowest BCUT2D eigenvalue weighted by molar-refractivity contribution is -0.123. The number of aromatic nitrogens is 1. The van der Waals surface area contributed by atoms with Crippen LogP contribution in [0.2, 0.25) is 0 Å². The van der Waals surface area contributed by atoms with Gasteiger partial charge in [0.05, 0.1) is 11.5 Å². The number of hydrogen-bond acceptors (Lipinski definition) is 2. The van der Waals surface area contributed by atoms with Crippen molar-refractivity contribution in [3.05, 3.63) is 23.0 Å². The fourth-order valence-corrected chi connectivity index (χ4v) is 3.67. The normalized spacial score (nSPS) is 25.3. The molecule has 22 heavy (non-hydrogen) atoms. The third-order valence-corrected chi connectivity index (χ3v) is 5.17. The Hall–Kier alpha value is -1.78. The zero-order valence-corrected chi connectivity index (χ0v) is 13.6. The van der Waals surface area contributed by atoms with Crippen molar-refractivity contribution in [1.82, 2.24) is 9.47 Å². The molecular formula is C17H25N3O2. The zero-order valence-electron chi connectivity index (χ0n) is 13.6. The van der Waals surface area contributed by atoms with E-state index < -0.39 is 0 Å². The molecule has 5 nitrogen and oxygen atoms in total. The van der Waals surface area contributed by atoms with E-state index in [1.807, 2.05) is 17.9 Å². The molecule has 3 rings (SSSR count). The molecule has 2 atom stereocenters. The van der Waals surface area contributed by atoms with Crippen LogP contribution < -0.4 is 5.73 Å². The average molecular weight is 303 g/mol. The van der Waals surface area contributed by atoms with Crippen LogP contribution in [-0.4, -0.2) is 33.9 Å². The highest BCUT2D eigenvalue weighted by molar-refractivity contribution is 5.96. The molecule has 120 valence electrons. The van der Waals surface area contributed by atoms with Crippen molar-refractivity contribution in [2.24, 2.45) is 11.7 Å². The summed E-state index contributed by atoms with van der Waals surface area (Å²) >= 11 is 0. The number of nitrogens with zero attached hydrogens (tertiary/aromatic N) is 2. The van der Waals surface area contributed by atoms with Gasteiger partial charge in [-0.25, -0.2) is 0 Å². The molecule has 1 saturated carbocycles. The minimum atomic E-state index is -0.298. The van der Waals surface area contributed by atoms with Crippen LogP contribution in [-0.2, 0) is 4.79 Å². The molecule has 1 aromatic rings. The molecule has 1 aliphatic carbocycles. The van der Waals surface area contributed by atoms with E-state index in [1.54, 1.807) is 0 Å². The number of carbonyl (C=O) groups is 2. The van der Waals surface area contributed by atoms with Gasteiger partial charge in [0.25, 0.3) is 5.91 Å². The number of rotatable bonds is 3. The molecule has 1 aliphatic heterocycles. The number of amides is 2. The van der Waals surface area contributed by atoms with Crippen molar-refractivity contribution in [2.75, 3.05) is 6.54 Å². The van der Waals surface area contributed by atoms with Crippen LogP contribution in [0.1, 0.15) is 60.4 Å². The predicted octanol–water partition coefficient (Wildman–Crippen LogP) is 2.17. The van der Waals surface area contributed by atoms with Gasteiger partial charge < -0.3 is 15.2 Å². The number of aryl methyl sites for hydroxylation is 1. The van der Waals surface area contributed by atoms with E-state index in [2.05, 4.69) is 18.4 Å². The van der Waals surface area contributed by atoms with Gasteiger partial charge in [0.2, 0.25) is 5.91 Å². The summed E-state index contributed by atoms with van der Waals surface area (Å²) in [6.07, 6.45) is 4.02. The molecule has 2 N–H and O–H groups in total. The maximum atomic E-state index is 13.0. The Balaban J connectivity index is 1.86. The third kappa shape index (κ3) is 2.53. The largest absolute Gasteiger partial charge is 0.369 e. The van der Waals surface area contributed by atoms with Crippen LogP contribution >= 0.6 is 0 Å². The second kappa shape index (κ2) is 5.45. The number of carbonyl (C=O) groups excluding carboxylic acids is 2. The van der Waals surface area contributed by atoms with E-state index in [9.17, 15) is 9.59 Å². The van der Waals surface area contributed by atoms with Crippen molar-refractivity contribution in [3.63, 3.8) is 0 Å². The van der Waals surface area contributed by atoms with Gasteiger partial charge >= 0.3 is 0 Å². The Morgan fingerprint density at radius 3 is 2.45 bits per heavy atom. The molecule has 2 fully saturated rings. The Labute approximate surface area is 131 Å². The first-order valence-corrected chi connectivity index (χ1v) is 8.18. The highest BCUT2D eigenvalue weighted by Gasteiger charge is 2.34. The summed E-state index contributed by atoms with van der Waals surface area (Å²) in [6, 6.07) is 2.72. The Morgan fingerprint density at radius 2 is 1.86 bits per heavy atom. The highest BCUT2D eigenvalue weighted by Crippen LogP contribution is 2.38. The third-order valence-electron chi connectivity index (χ3n) is 5.17. The Kier molecular flexibility index (Phi) is 3.75. The summed E-state index contributed by atoms with van der Waals surface area (Å²) in [7, 11) is 0. The quantitative estimate of drug-likeness (QED) is 0.929. The Bertz CT molecular complexity index is 616. The molecule has 2 aliphatic rings. The SMILES string of the molecule is Cc1cc(C(=O)N2C[C@@H](C(N)=O)CC[C@H]2C)c(C)n1C1CC1. The van der Waals surface area contributed by atoms with Gasteiger partial charge in [-0.1, -0.05) is 0 Å². The van der Waals surface area contributed by atoms with Crippen molar-refractivity contribution < 1.29 is 9.59 Å². The van der Waals surface area contributed by atoms with Crippen molar-refractivity contribution in [3.8, 4) is 0 Å². The first kappa shape index (κ1) is 15.1. The molecule has 0 aromatic carbocycles. The van der Waals surface area contributed by atoms with E-state index in [-0.39, 0.29) is 23.8 Å². The second-order valence-corrected chi connectivity index (χ2v) is 6.87. The molecule has 2 heterocycles. The summed E-state index contributed by atoms with van der Waals surface area (Å²) in [5, 5.41) is 0. The maximum Gasteiger partial charge on any atom is 0.255 e. The van der Waals surface area contributed by atoms with Crippen LogP contribution in [0.5, 0.6) is 0 Å². The first-order chi connectivity index (χ1) is 10.4. The van der Waals surface area contributed by atoms with Crippen molar-refractivity contribution in [2.45, 2.75) is 58.5 Å². The molecule has 0 unspecified atom stereocenters. The number of likely N-dealkylation sites (tertiary alicyclic amines) is 1. The van der Waals surface area contributed by atoms with Gasteiger partial charge in [-0.3, -0.25) is 9.59 Å². The maximum absolute atomic E-state index is 13.0. The molecule has 2 amide bonds. The van der Waals surface area contributed by atoms with E-state index in [0.29, 0.717) is 12.6 Å². The van der Waals surface area contributed by atoms with Crippen LogP contribution in [0.25, 0.3) is 0 Å². The molecule has 0 bridgehead atoms. The van der Waals surface area contributed by atoms with E-state index in [0.717, 1.165) is 29.8 Å². The van der Waals surface area contributed by atoms with E-state index in [4.69, 9.17) is 5.73 Å². The lowest BCUT2D eigenvalue weighted by Crippen LogP contribution is -2.48. The Morgan fingerprint density at radius 1 is 1.18 bits per heavy atom. The zero-order chi connectivity index (χ0) is 16.0. The number of nitrogens with two attached hydrogens (primary N) is 1. The number of hydrogen-bond donors (Lipinski definition) is 1. The van der Waals surface area contributed by atoms with Gasteiger partial charge in [-0.05, 0) is 52.5 Å². The second-order valence-electron chi connectivity index (χ2n) is 6.87. The summed E-state index contributed by atoms with van der Waals surface area (Å²) in [6.45, 7) is 6.59. The molecule has 1 aromatic heterocycles. The van der Waals surface area contributed by atoms with Crippen LogP contribution in [0, 0.1) is 19.8 Å². The fraction of sp³-hybridized carbons (Fsp3) is 0.647. The van der Waals surface area contributed by atoms with Gasteiger partial charge in [-0.15, -0.1) is 0 Å². The summed E-state index contributed by atoms with van der Waals surface area (Å²) in [4.78, 5) is 26.3. The van der Waals surface area contributed by atoms with Crippen molar-refractivity contribution in [1.29, 1.82) is 0 Å². The smallest absolute Gasteiger partial charge is 0.255 e. The summed E-state index contributed by atoms with van der Waals surface area (Å²) in [5.74, 6) is -0.473. The van der Waals surface area contributed by atoms with Crippen molar-refractivity contribution >= 4 is 11.8 Å². The van der Waals surface area contributed by atoms with Crippen LogP contribution in [0.4, 0.5) is 0 Å². The minimum absolute atomic E-state index is 0.0402. The number of piperidine rings is 1.